The summed E-state index contributed by atoms with van der Waals surface area (Å²) in [6.07, 6.45) is 1.57. The molecule has 3 rings (SSSR count). The monoisotopic (exact) mass is 301 g/mol. The van der Waals surface area contributed by atoms with E-state index in [1.165, 1.54) is 18.2 Å². The maximum absolute atomic E-state index is 14.0. The molecule has 0 spiro atoms. The molecule has 2 aromatic rings. The molecular formula is C16H16FN3O2. The van der Waals surface area contributed by atoms with Crippen molar-refractivity contribution in [2.75, 3.05) is 6.54 Å². The van der Waals surface area contributed by atoms with Crippen LogP contribution >= 0.6 is 0 Å². The molecule has 22 heavy (non-hydrogen) atoms. The number of carbonyl (C=O) groups excluding carboxylic acids is 1. The van der Waals surface area contributed by atoms with Gasteiger partial charge in [0.15, 0.2) is 0 Å². The first-order chi connectivity index (χ1) is 10.6. The topological polar surface area (TPSA) is 66.1 Å². The summed E-state index contributed by atoms with van der Waals surface area (Å²) in [5.74, 6) is -0.849. The van der Waals surface area contributed by atoms with Crippen molar-refractivity contribution < 1.29 is 9.18 Å². The van der Waals surface area contributed by atoms with Gasteiger partial charge in [-0.15, -0.1) is 0 Å². The van der Waals surface area contributed by atoms with Gasteiger partial charge in [-0.25, -0.2) is 9.49 Å². The molecule has 2 heterocycles. The van der Waals surface area contributed by atoms with Crippen LogP contribution in [-0.2, 0) is 0 Å². The van der Waals surface area contributed by atoms with Crippen molar-refractivity contribution in [1.29, 1.82) is 0 Å². The third kappa shape index (κ3) is 2.64. The maximum atomic E-state index is 14.0. The summed E-state index contributed by atoms with van der Waals surface area (Å²) in [5.41, 5.74) is 1.18. The number of aromatic nitrogens is 2. The van der Waals surface area contributed by atoms with Crippen molar-refractivity contribution in [3.05, 3.63) is 63.3 Å². The zero-order valence-electron chi connectivity index (χ0n) is 12.2. The van der Waals surface area contributed by atoms with Crippen molar-refractivity contribution in [3.8, 4) is 0 Å². The van der Waals surface area contributed by atoms with Crippen molar-refractivity contribution >= 4 is 5.91 Å². The Kier molecular flexibility index (Phi) is 3.75. The fraction of sp³-hybridized carbons (Fsp3) is 0.312. The molecule has 5 nitrogen and oxygen atoms in total. The predicted octanol–water partition coefficient (Wildman–Crippen LogP) is 2.19. The van der Waals surface area contributed by atoms with Crippen LogP contribution in [0.25, 0.3) is 0 Å². The molecular weight excluding hydrogens is 285 g/mol. The first kappa shape index (κ1) is 14.4. The highest BCUT2D eigenvalue weighted by Gasteiger charge is 2.32. The lowest BCUT2D eigenvalue weighted by Crippen LogP contribution is -2.32. The van der Waals surface area contributed by atoms with Crippen LogP contribution in [0, 0.1) is 12.7 Å². The summed E-state index contributed by atoms with van der Waals surface area (Å²) in [7, 11) is 0. The summed E-state index contributed by atoms with van der Waals surface area (Å²) in [5, 5.41) is 6.38. The third-order valence-corrected chi connectivity index (χ3v) is 3.91. The predicted molar refractivity (Wildman–Crippen MR) is 79.0 cm³/mol. The third-order valence-electron chi connectivity index (χ3n) is 3.91. The molecule has 1 fully saturated rings. The number of amides is 1. The normalized spacial score (nSPS) is 17.7. The van der Waals surface area contributed by atoms with Crippen molar-refractivity contribution in [3.63, 3.8) is 0 Å². The summed E-state index contributed by atoms with van der Waals surface area (Å²) < 4.78 is 14.0. The minimum atomic E-state index is -0.509. The van der Waals surface area contributed by atoms with Crippen LogP contribution in [-0.4, -0.2) is 27.5 Å². The fourth-order valence-corrected chi connectivity index (χ4v) is 2.81. The Bertz CT molecular complexity index is 752. The van der Waals surface area contributed by atoms with Crippen LogP contribution in [0.4, 0.5) is 4.39 Å². The number of likely N-dealkylation sites (tertiary alicyclic amines) is 1. The zero-order valence-corrected chi connectivity index (χ0v) is 12.2. The molecule has 114 valence electrons. The Balaban J connectivity index is 1.90. The van der Waals surface area contributed by atoms with Crippen molar-refractivity contribution in [1.82, 2.24) is 15.1 Å². The summed E-state index contributed by atoms with van der Waals surface area (Å²) in [4.78, 5) is 25.3. The molecule has 1 unspecified atom stereocenters. The number of carbonyl (C=O) groups is 1. The number of H-pyrrole nitrogens is 1. The largest absolute Gasteiger partial charge is 0.330 e. The lowest BCUT2D eigenvalue weighted by Gasteiger charge is -2.24. The van der Waals surface area contributed by atoms with Gasteiger partial charge >= 0.3 is 0 Å². The van der Waals surface area contributed by atoms with Gasteiger partial charge in [0.1, 0.15) is 5.82 Å². The second-order valence-corrected chi connectivity index (χ2v) is 5.49. The first-order valence-corrected chi connectivity index (χ1v) is 7.19. The Hall–Kier alpha value is -2.50. The van der Waals surface area contributed by atoms with Gasteiger partial charge in [-0.1, -0.05) is 6.07 Å². The van der Waals surface area contributed by atoms with E-state index in [1.807, 2.05) is 0 Å². The molecule has 1 amide bonds. The maximum Gasteiger partial charge on any atom is 0.264 e. The average molecular weight is 301 g/mol. The van der Waals surface area contributed by atoms with E-state index in [1.54, 1.807) is 24.0 Å². The van der Waals surface area contributed by atoms with Crippen molar-refractivity contribution in [2.45, 2.75) is 25.8 Å². The first-order valence-electron chi connectivity index (χ1n) is 7.19. The highest BCUT2D eigenvalue weighted by molar-refractivity contribution is 5.95. The smallest absolute Gasteiger partial charge is 0.264 e. The van der Waals surface area contributed by atoms with Gasteiger partial charge in [0.2, 0.25) is 0 Å². The molecule has 6 heteroatoms. The van der Waals surface area contributed by atoms with E-state index < -0.39 is 5.82 Å². The number of halogens is 1. The minimum Gasteiger partial charge on any atom is -0.330 e. The van der Waals surface area contributed by atoms with Crippen LogP contribution in [0.5, 0.6) is 0 Å². The average Bonchev–Trinajstić information content (AvgIpc) is 2.97. The van der Waals surface area contributed by atoms with E-state index in [-0.39, 0.29) is 23.1 Å². The number of nitrogens with one attached hydrogen (secondary N) is 1. The fourth-order valence-electron chi connectivity index (χ4n) is 2.81. The van der Waals surface area contributed by atoms with E-state index >= 15 is 0 Å². The van der Waals surface area contributed by atoms with E-state index in [4.69, 9.17) is 0 Å². The van der Waals surface area contributed by atoms with Crippen LogP contribution in [0.3, 0.4) is 0 Å². The Morgan fingerprint density at radius 1 is 1.36 bits per heavy atom. The molecule has 1 aromatic heterocycles. The van der Waals surface area contributed by atoms with Gasteiger partial charge in [0, 0.05) is 12.6 Å². The molecule has 1 saturated heterocycles. The second-order valence-electron chi connectivity index (χ2n) is 5.49. The van der Waals surface area contributed by atoms with E-state index in [2.05, 4.69) is 10.2 Å². The molecule has 0 bridgehead atoms. The number of aryl methyl sites for hydroxylation is 1. The summed E-state index contributed by atoms with van der Waals surface area (Å²) in [6, 6.07) is 7.36. The highest BCUT2D eigenvalue weighted by Crippen LogP contribution is 2.32. The summed E-state index contributed by atoms with van der Waals surface area (Å²) in [6.45, 7) is 2.33. The molecule has 0 aliphatic carbocycles. The van der Waals surface area contributed by atoms with E-state index in [9.17, 15) is 14.0 Å². The molecule has 1 atom stereocenters. The van der Waals surface area contributed by atoms with Gasteiger partial charge in [0.25, 0.3) is 11.5 Å². The van der Waals surface area contributed by atoms with E-state index in [0.717, 1.165) is 18.4 Å². The lowest BCUT2D eigenvalue weighted by molar-refractivity contribution is 0.0727. The number of aromatic amines is 1. The standard InChI is InChI=1S/C16H16FN3O2/c1-10-4-5-11(12(17)9-10)16(22)20-8-2-3-14(20)13-6-7-15(21)19-18-13/h4-7,9,14H,2-3,8H2,1H3,(H,19,21). The van der Waals surface area contributed by atoms with Crippen LogP contribution in [0.1, 0.15) is 40.5 Å². The SMILES string of the molecule is Cc1ccc(C(=O)N2CCCC2c2ccc(=O)[nH]n2)c(F)c1. The lowest BCUT2D eigenvalue weighted by atomic mass is 10.1. The molecule has 1 aromatic carbocycles. The number of nitrogens with zero attached hydrogens (tertiary/aromatic N) is 2. The van der Waals surface area contributed by atoms with Crippen LogP contribution in [0.15, 0.2) is 35.1 Å². The number of hydrogen-bond acceptors (Lipinski definition) is 3. The van der Waals surface area contributed by atoms with Gasteiger partial charge < -0.3 is 4.90 Å². The van der Waals surface area contributed by atoms with Crippen molar-refractivity contribution in [2.24, 2.45) is 0 Å². The van der Waals surface area contributed by atoms with Gasteiger partial charge in [-0.05, 0) is 43.5 Å². The summed E-state index contributed by atoms with van der Waals surface area (Å²) >= 11 is 0. The second kappa shape index (κ2) is 5.71. The Labute approximate surface area is 126 Å². The molecule has 0 radical (unpaired) electrons. The molecule has 1 aliphatic heterocycles. The van der Waals surface area contributed by atoms with Crippen LogP contribution in [0.2, 0.25) is 0 Å². The quantitative estimate of drug-likeness (QED) is 0.924. The van der Waals surface area contributed by atoms with Gasteiger partial charge in [-0.2, -0.15) is 5.10 Å². The number of rotatable bonds is 2. The van der Waals surface area contributed by atoms with E-state index in [0.29, 0.717) is 12.2 Å². The molecule has 1 N–H and O–H groups in total. The minimum absolute atomic E-state index is 0.0712. The van der Waals surface area contributed by atoms with Gasteiger partial charge in [0.05, 0.1) is 17.3 Å². The highest BCUT2D eigenvalue weighted by atomic mass is 19.1. The molecule has 0 saturated carbocycles. The zero-order chi connectivity index (χ0) is 15.7. The number of hydrogen-bond donors (Lipinski definition) is 1. The van der Waals surface area contributed by atoms with Crippen LogP contribution < -0.4 is 5.56 Å². The number of benzene rings is 1. The molecule has 1 aliphatic rings. The Morgan fingerprint density at radius 2 is 2.18 bits per heavy atom. The van der Waals surface area contributed by atoms with Gasteiger partial charge in [-0.3, -0.25) is 9.59 Å². The Morgan fingerprint density at radius 3 is 2.86 bits per heavy atom.